The van der Waals surface area contributed by atoms with Crippen LogP contribution in [0.4, 0.5) is 0 Å². The van der Waals surface area contributed by atoms with E-state index < -0.39 is 0 Å². The maximum Gasteiger partial charge on any atom is 0.220 e. The van der Waals surface area contributed by atoms with Gasteiger partial charge in [0.05, 0.1) is 0 Å². The molecule has 0 aliphatic rings. The summed E-state index contributed by atoms with van der Waals surface area (Å²) in [6.07, 6.45) is 0.520. The topological polar surface area (TPSA) is 58.2 Å². The molecule has 4 nitrogen and oxygen atoms in total. The molecule has 14 heavy (non-hydrogen) atoms. The van der Waals surface area contributed by atoms with Crippen molar-refractivity contribution < 1.29 is 9.59 Å². The Bertz CT molecular complexity index is 257. The van der Waals surface area contributed by atoms with Gasteiger partial charge in [-0.2, -0.15) is 0 Å². The average Bonchev–Trinajstić information content (AvgIpc) is 1.77. The Morgan fingerprint density at radius 3 is 2.07 bits per heavy atom. The van der Waals surface area contributed by atoms with Gasteiger partial charge in [-0.05, 0) is 13.8 Å². The average molecular weight is 198 g/mol. The largest absolute Gasteiger partial charge is 0.351 e. The molecule has 0 rings (SSSR count). The summed E-state index contributed by atoms with van der Waals surface area (Å²) in [5.41, 5.74) is 0.224. The third-order valence-corrected chi connectivity index (χ3v) is 1.52. The lowest BCUT2D eigenvalue weighted by Crippen LogP contribution is -2.43. The van der Waals surface area contributed by atoms with E-state index in [1.54, 1.807) is 0 Å². The standard InChI is InChI=1S/C10H18N2O2/c1-7(11-8(2)13)6-10(4,5)12-9(3)14/h1,6H2,2-5H3,(H,11,13)(H,12,14). The molecule has 0 unspecified atom stereocenters. The monoisotopic (exact) mass is 198 g/mol. The van der Waals surface area contributed by atoms with Crippen LogP contribution in [0.3, 0.4) is 0 Å². The zero-order chi connectivity index (χ0) is 11.4. The van der Waals surface area contributed by atoms with Gasteiger partial charge in [0.25, 0.3) is 0 Å². The van der Waals surface area contributed by atoms with E-state index in [0.29, 0.717) is 12.1 Å². The van der Waals surface area contributed by atoms with Crippen molar-refractivity contribution in [3.8, 4) is 0 Å². The lowest BCUT2D eigenvalue weighted by atomic mass is 9.99. The molecule has 0 aromatic carbocycles. The maximum absolute atomic E-state index is 10.8. The number of hydrogen-bond donors (Lipinski definition) is 2. The molecule has 4 heteroatoms. The highest BCUT2D eigenvalue weighted by Crippen LogP contribution is 2.12. The van der Waals surface area contributed by atoms with Crippen molar-refractivity contribution in [2.75, 3.05) is 0 Å². The number of rotatable bonds is 4. The van der Waals surface area contributed by atoms with Gasteiger partial charge in [0.15, 0.2) is 0 Å². The van der Waals surface area contributed by atoms with Crippen molar-refractivity contribution in [2.45, 2.75) is 39.7 Å². The first-order valence-electron chi connectivity index (χ1n) is 4.47. The molecule has 80 valence electrons. The zero-order valence-electron chi connectivity index (χ0n) is 9.23. The van der Waals surface area contributed by atoms with Crippen LogP contribution in [-0.4, -0.2) is 17.4 Å². The van der Waals surface area contributed by atoms with Crippen molar-refractivity contribution >= 4 is 11.8 Å². The molecule has 0 radical (unpaired) electrons. The Labute approximate surface area is 84.8 Å². The van der Waals surface area contributed by atoms with E-state index in [-0.39, 0.29) is 17.4 Å². The van der Waals surface area contributed by atoms with Crippen LogP contribution in [-0.2, 0) is 9.59 Å². The van der Waals surface area contributed by atoms with Gasteiger partial charge >= 0.3 is 0 Å². The molecule has 0 aromatic rings. The number of nitrogens with one attached hydrogen (secondary N) is 2. The highest BCUT2D eigenvalue weighted by Gasteiger charge is 2.19. The summed E-state index contributed by atoms with van der Waals surface area (Å²) in [4.78, 5) is 21.5. The van der Waals surface area contributed by atoms with Crippen LogP contribution in [0.15, 0.2) is 12.3 Å². The number of carbonyl (C=O) groups excluding carboxylic acids is 2. The number of hydrogen-bond acceptors (Lipinski definition) is 2. The molecule has 0 fully saturated rings. The van der Waals surface area contributed by atoms with Crippen molar-refractivity contribution in [3.63, 3.8) is 0 Å². The van der Waals surface area contributed by atoms with Crippen LogP contribution in [0.2, 0.25) is 0 Å². The molecule has 0 saturated carbocycles. The van der Waals surface area contributed by atoms with E-state index in [9.17, 15) is 9.59 Å². The van der Waals surface area contributed by atoms with E-state index in [2.05, 4.69) is 17.2 Å². The molecule has 2 amide bonds. The Kier molecular flexibility index (Phi) is 4.34. The minimum atomic E-state index is -0.384. The summed E-state index contributed by atoms with van der Waals surface area (Å²) in [7, 11) is 0. The van der Waals surface area contributed by atoms with Crippen LogP contribution < -0.4 is 10.6 Å². The van der Waals surface area contributed by atoms with Gasteiger partial charge in [-0.3, -0.25) is 9.59 Å². The van der Waals surface area contributed by atoms with Crippen LogP contribution in [0, 0.1) is 0 Å². The third kappa shape index (κ3) is 6.22. The van der Waals surface area contributed by atoms with Gasteiger partial charge < -0.3 is 10.6 Å². The van der Waals surface area contributed by atoms with Crippen LogP contribution in [0.1, 0.15) is 34.1 Å². The molecule has 0 bridgehead atoms. The molecular formula is C10H18N2O2. The normalized spacial score (nSPS) is 10.6. The Morgan fingerprint density at radius 2 is 1.71 bits per heavy atom. The van der Waals surface area contributed by atoms with Crippen molar-refractivity contribution in [1.29, 1.82) is 0 Å². The second kappa shape index (κ2) is 4.79. The quantitative estimate of drug-likeness (QED) is 0.706. The SMILES string of the molecule is C=C(CC(C)(C)NC(C)=O)NC(C)=O. The summed E-state index contributed by atoms with van der Waals surface area (Å²) in [6, 6.07) is 0. The lowest BCUT2D eigenvalue weighted by molar-refractivity contribution is -0.120. The van der Waals surface area contributed by atoms with E-state index in [1.807, 2.05) is 13.8 Å². The Hall–Kier alpha value is -1.32. The number of carbonyl (C=O) groups is 2. The van der Waals surface area contributed by atoms with Crippen molar-refractivity contribution in [3.05, 3.63) is 12.3 Å². The molecule has 0 aliphatic heterocycles. The molecule has 0 spiro atoms. The molecule has 0 aromatic heterocycles. The summed E-state index contributed by atoms with van der Waals surface area (Å²) in [6.45, 7) is 10.3. The molecule has 0 atom stereocenters. The van der Waals surface area contributed by atoms with Gasteiger partial charge in [0.1, 0.15) is 0 Å². The first-order valence-corrected chi connectivity index (χ1v) is 4.47. The minimum absolute atomic E-state index is 0.0920. The first-order chi connectivity index (χ1) is 6.23. The highest BCUT2D eigenvalue weighted by molar-refractivity contribution is 5.75. The summed E-state index contributed by atoms with van der Waals surface area (Å²) in [5.74, 6) is -0.237. The molecule has 0 saturated heterocycles. The van der Waals surface area contributed by atoms with Crippen molar-refractivity contribution in [1.82, 2.24) is 10.6 Å². The second-order valence-electron chi connectivity index (χ2n) is 4.03. The first kappa shape index (κ1) is 12.7. The van der Waals surface area contributed by atoms with E-state index in [0.717, 1.165) is 0 Å². The fourth-order valence-electron chi connectivity index (χ4n) is 1.35. The smallest absolute Gasteiger partial charge is 0.220 e. The number of amides is 2. The van der Waals surface area contributed by atoms with Gasteiger partial charge in [-0.25, -0.2) is 0 Å². The summed E-state index contributed by atoms with van der Waals surface area (Å²) in [5, 5.41) is 5.36. The second-order valence-corrected chi connectivity index (χ2v) is 4.03. The fraction of sp³-hybridized carbons (Fsp3) is 0.600. The predicted molar refractivity (Wildman–Crippen MR) is 55.5 cm³/mol. The van der Waals surface area contributed by atoms with Gasteiger partial charge in [0.2, 0.25) is 11.8 Å². The minimum Gasteiger partial charge on any atom is -0.351 e. The Balaban J connectivity index is 4.14. The third-order valence-electron chi connectivity index (χ3n) is 1.52. The maximum atomic E-state index is 10.8. The van der Waals surface area contributed by atoms with Gasteiger partial charge in [-0.15, -0.1) is 0 Å². The predicted octanol–water partition coefficient (Wildman–Crippen LogP) is 0.941. The van der Waals surface area contributed by atoms with Crippen LogP contribution in [0.25, 0.3) is 0 Å². The highest BCUT2D eigenvalue weighted by atomic mass is 16.2. The lowest BCUT2D eigenvalue weighted by Gasteiger charge is -2.26. The molecule has 0 heterocycles. The molecule has 0 aliphatic carbocycles. The van der Waals surface area contributed by atoms with E-state index in [1.165, 1.54) is 13.8 Å². The molecular weight excluding hydrogens is 180 g/mol. The van der Waals surface area contributed by atoms with Crippen LogP contribution >= 0.6 is 0 Å². The van der Waals surface area contributed by atoms with Gasteiger partial charge in [0, 0.05) is 31.5 Å². The molecule has 2 N–H and O–H groups in total. The van der Waals surface area contributed by atoms with E-state index in [4.69, 9.17) is 0 Å². The summed E-state index contributed by atoms with van der Waals surface area (Å²) >= 11 is 0. The van der Waals surface area contributed by atoms with Crippen LogP contribution in [0.5, 0.6) is 0 Å². The fourth-order valence-corrected chi connectivity index (χ4v) is 1.35. The Morgan fingerprint density at radius 1 is 1.21 bits per heavy atom. The van der Waals surface area contributed by atoms with E-state index >= 15 is 0 Å². The summed E-state index contributed by atoms with van der Waals surface area (Å²) < 4.78 is 0. The zero-order valence-corrected chi connectivity index (χ0v) is 9.23. The van der Waals surface area contributed by atoms with Gasteiger partial charge in [-0.1, -0.05) is 6.58 Å². The van der Waals surface area contributed by atoms with Crippen molar-refractivity contribution in [2.24, 2.45) is 0 Å².